The Morgan fingerprint density at radius 3 is 1.44 bits per heavy atom. The Morgan fingerprint density at radius 1 is 0.471 bits per heavy atom. The third kappa shape index (κ3) is 5.11. The average molecular weight is 450 g/mol. The molecule has 7 nitrogen and oxygen atoms in total. The summed E-state index contributed by atoms with van der Waals surface area (Å²) in [6, 6.07) is 29.0. The number of nitrogen functional groups attached to an aromatic ring is 1. The summed E-state index contributed by atoms with van der Waals surface area (Å²) >= 11 is 0. The van der Waals surface area contributed by atoms with Gasteiger partial charge in [0.05, 0.1) is 28.1 Å². The number of carbonyl (C=O) groups is 3. The Labute approximate surface area is 196 Å². The van der Waals surface area contributed by atoms with Gasteiger partial charge in [-0.2, -0.15) is 0 Å². The first-order valence-corrected chi connectivity index (χ1v) is 10.5. The number of nitrogens with two attached hydrogens (primary N) is 1. The van der Waals surface area contributed by atoms with Gasteiger partial charge in [0, 0.05) is 11.4 Å². The van der Waals surface area contributed by atoms with Gasteiger partial charge in [0.15, 0.2) is 0 Å². The van der Waals surface area contributed by atoms with Crippen LogP contribution in [-0.2, 0) is 0 Å². The van der Waals surface area contributed by atoms with Crippen molar-refractivity contribution in [2.24, 2.45) is 0 Å². The standard InChI is InChI=1S/C27H22N4O3/c28-22-15-7-4-12-19(22)25(32)30-24-17-9-6-14-21(24)27(34)31-23-16-8-5-13-20(23)26(33)29-18-10-2-1-3-11-18/h1-17H,28H2,(H,29,33)(H,30,32)(H,31,34). The predicted octanol–water partition coefficient (Wildman–Crippen LogP) is 5.03. The summed E-state index contributed by atoms with van der Waals surface area (Å²) in [7, 11) is 0. The van der Waals surface area contributed by atoms with Crippen molar-refractivity contribution in [1.82, 2.24) is 0 Å². The molecule has 0 spiro atoms. The molecule has 0 atom stereocenters. The number of hydrogen-bond acceptors (Lipinski definition) is 4. The summed E-state index contributed by atoms with van der Waals surface area (Å²) in [5.74, 6) is -1.26. The maximum atomic E-state index is 13.1. The first-order valence-electron chi connectivity index (χ1n) is 10.5. The van der Waals surface area contributed by atoms with Crippen LogP contribution in [0.15, 0.2) is 103 Å². The molecular weight excluding hydrogens is 428 g/mol. The van der Waals surface area contributed by atoms with E-state index in [1.54, 1.807) is 84.9 Å². The van der Waals surface area contributed by atoms with Crippen LogP contribution in [0.5, 0.6) is 0 Å². The second kappa shape index (κ2) is 10.1. The van der Waals surface area contributed by atoms with Gasteiger partial charge < -0.3 is 21.7 Å². The second-order valence-corrected chi connectivity index (χ2v) is 7.41. The molecule has 168 valence electrons. The number of rotatable bonds is 6. The highest BCUT2D eigenvalue weighted by Gasteiger charge is 2.18. The maximum absolute atomic E-state index is 13.1. The van der Waals surface area contributed by atoms with Crippen LogP contribution in [0.2, 0.25) is 0 Å². The van der Waals surface area contributed by atoms with Crippen molar-refractivity contribution in [2.45, 2.75) is 0 Å². The fraction of sp³-hybridized carbons (Fsp3) is 0. The second-order valence-electron chi connectivity index (χ2n) is 7.41. The number of benzene rings is 4. The molecule has 0 aliphatic heterocycles. The van der Waals surface area contributed by atoms with E-state index >= 15 is 0 Å². The highest BCUT2D eigenvalue weighted by Crippen LogP contribution is 2.22. The van der Waals surface area contributed by atoms with Crippen LogP contribution < -0.4 is 21.7 Å². The smallest absolute Gasteiger partial charge is 0.257 e. The van der Waals surface area contributed by atoms with Gasteiger partial charge in [-0.05, 0) is 48.5 Å². The molecular formula is C27H22N4O3. The molecule has 0 saturated heterocycles. The van der Waals surface area contributed by atoms with Crippen molar-refractivity contribution >= 4 is 40.5 Å². The summed E-state index contributed by atoms with van der Waals surface area (Å²) in [6.45, 7) is 0. The largest absolute Gasteiger partial charge is 0.398 e. The van der Waals surface area contributed by atoms with Gasteiger partial charge in [-0.1, -0.05) is 54.6 Å². The fourth-order valence-electron chi connectivity index (χ4n) is 3.38. The summed E-state index contributed by atoms with van der Waals surface area (Å²) in [6.07, 6.45) is 0. The highest BCUT2D eigenvalue weighted by molar-refractivity contribution is 6.16. The highest BCUT2D eigenvalue weighted by atomic mass is 16.2. The van der Waals surface area contributed by atoms with E-state index in [1.807, 2.05) is 18.2 Å². The average Bonchev–Trinajstić information content (AvgIpc) is 2.85. The van der Waals surface area contributed by atoms with Crippen LogP contribution in [0.4, 0.5) is 22.7 Å². The van der Waals surface area contributed by atoms with Crippen LogP contribution in [-0.4, -0.2) is 17.7 Å². The number of anilines is 4. The monoisotopic (exact) mass is 450 g/mol. The molecule has 7 heteroatoms. The molecule has 0 aliphatic carbocycles. The Morgan fingerprint density at radius 2 is 0.882 bits per heavy atom. The number of amides is 3. The van der Waals surface area contributed by atoms with Crippen molar-refractivity contribution in [1.29, 1.82) is 0 Å². The molecule has 34 heavy (non-hydrogen) atoms. The topological polar surface area (TPSA) is 113 Å². The SMILES string of the molecule is Nc1ccccc1C(=O)Nc1ccccc1C(=O)Nc1ccccc1C(=O)Nc1ccccc1. The third-order valence-electron chi connectivity index (χ3n) is 5.08. The number of para-hydroxylation sites is 4. The zero-order chi connectivity index (χ0) is 23.9. The van der Waals surface area contributed by atoms with Crippen molar-refractivity contribution in [2.75, 3.05) is 21.7 Å². The Bertz CT molecular complexity index is 1350. The van der Waals surface area contributed by atoms with E-state index < -0.39 is 11.8 Å². The molecule has 0 aromatic heterocycles. The van der Waals surface area contributed by atoms with Crippen LogP contribution in [0, 0.1) is 0 Å². The summed E-state index contributed by atoms with van der Waals surface area (Å²) in [4.78, 5) is 38.7. The van der Waals surface area contributed by atoms with Gasteiger partial charge in [0.1, 0.15) is 0 Å². The molecule has 0 unspecified atom stereocenters. The van der Waals surface area contributed by atoms with Crippen molar-refractivity contribution in [3.8, 4) is 0 Å². The Kier molecular flexibility index (Phi) is 6.65. The van der Waals surface area contributed by atoms with Crippen molar-refractivity contribution < 1.29 is 14.4 Å². The van der Waals surface area contributed by atoms with Gasteiger partial charge in [-0.25, -0.2) is 0 Å². The summed E-state index contributed by atoms with van der Waals surface area (Å²) in [5, 5.41) is 8.34. The van der Waals surface area contributed by atoms with Crippen molar-refractivity contribution in [3.63, 3.8) is 0 Å². The van der Waals surface area contributed by atoms with E-state index in [4.69, 9.17) is 5.73 Å². The third-order valence-corrected chi connectivity index (χ3v) is 5.08. The first-order chi connectivity index (χ1) is 16.5. The van der Waals surface area contributed by atoms with E-state index in [0.717, 1.165) is 0 Å². The number of carbonyl (C=O) groups excluding carboxylic acids is 3. The molecule has 5 N–H and O–H groups in total. The van der Waals surface area contributed by atoms with E-state index in [1.165, 1.54) is 0 Å². The molecule has 0 radical (unpaired) electrons. The van der Waals surface area contributed by atoms with Gasteiger partial charge in [-0.3, -0.25) is 14.4 Å². The van der Waals surface area contributed by atoms with Gasteiger partial charge >= 0.3 is 0 Å². The lowest BCUT2D eigenvalue weighted by Crippen LogP contribution is -2.21. The summed E-state index contributed by atoms with van der Waals surface area (Å²) < 4.78 is 0. The molecule has 0 heterocycles. The lowest BCUT2D eigenvalue weighted by Gasteiger charge is -2.14. The fourth-order valence-corrected chi connectivity index (χ4v) is 3.38. The van der Waals surface area contributed by atoms with Crippen LogP contribution in [0.3, 0.4) is 0 Å². The minimum absolute atomic E-state index is 0.239. The Hall–Kier alpha value is -4.91. The maximum Gasteiger partial charge on any atom is 0.257 e. The molecule has 4 rings (SSSR count). The minimum Gasteiger partial charge on any atom is -0.398 e. The molecule has 0 fully saturated rings. The lowest BCUT2D eigenvalue weighted by atomic mass is 10.1. The van der Waals surface area contributed by atoms with Crippen LogP contribution >= 0.6 is 0 Å². The van der Waals surface area contributed by atoms with Crippen LogP contribution in [0.1, 0.15) is 31.1 Å². The van der Waals surface area contributed by atoms with E-state index in [2.05, 4.69) is 16.0 Å². The zero-order valence-corrected chi connectivity index (χ0v) is 18.1. The van der Waals surface area contributed by atoms with E-state index in [9.17, 15) is 14.4 Å². The molecule has 0 saturated carbocycles. The van der Waals surface area contributed by atoms with Gasteiger partial charge in [0.2, 0.25) is 0 Å². The summed E-state index contributed by atoms with van der Waals surface area (Å²) in [5.41, 5.74) is 8.38. The van der Waals surface area contributed by atoms with Crippen molar-refractivity contribution in [3.05, 3.63) is 120 Å². The number of hydrogen-bond donors (Lipinski definition) is 4. The first kappa shape index (κ1) is 22.3. The molecule has 0 bridgehead atoms. The quantitative estimate of drug-likeness (QED) is 0.309. The normalized spacial score (nSPS) is 10.2. The molecule has 3 amide bonds. The lowest BCUT2D eigenvalue weighted by molar-refractivity contribution is 0.101. The molecule has 0 aliphatic rings. The zero-order valence-electron chi connectivity index (χ0n) is 18.1. The van der Waals surface area contributed by atoms with E-state index in [0.29, 0.717) is 33.9 Å². The predicted molar refractivity (Wildman–Crippen MR) is 134 cm³/mol. The van der Waals surface area contributed by atoms with E-state index in [-0.39, 0.29) is 11.5 Å². The van der Waals surface area contributed by atoms with Crippen LogP contribution in [0.25, 0.3) is 0 Å². The molecule has 4 aromatic rings. The van der Waals surface area contributed by atoms with Gasteiger partial charge in [0.25, 0.3) is 17.7 Å². The minimum atomic E-state index is -0.475. The molecule has 4 aromatic carbocycles. The Balaban J connectivity index is 1.55. The van der Waals surface area contributed by atoms with Gasteiger partial charge in [-0.15, -0.1) is 0 Å². The number of nitrogens with one attached hydrogen (secondary N) is 3.